The molecule has 0 amide bonds. The zero-order chi connectivity index (χ0) is 25.8. The number of hydrogen-bond donors (Lipinski definition) is 1. The van der Waals surface area contributed by atoms with Gasteiger partial charge in [0.25, 0.3) is 0 Å². The molecule has 0 heterocycles. The Kier molecular flexibility index (Phi) is 8.56. The zero-order valence-electron chi connectivity index (χ0n) is 19.0. The molecule has 0 aliphatic rings. The SMILES string of the molecule is Cc1cc(CC(=O)c2ccc(-c3ccccc3C(F)(F)F)c(CCCCBr)c2)ccc1S(N)(=O)=O. The van der Waals surface area contributed by atoms with Gasteiger partial charge in [-0.2, -0.15) is 13.2 Å². The van der Waals surface area contributed by atoms with E-state index in [9.17, 15) is 26.4 Å². The Hall–Kier alpha value is -2.49. The molecule has 2 N–H and O–H groups in total. The molecule has 0 atom stereocenters. The maximum atomic E-state index is 13.7. The van der Waals surface area contributed by atoms with E-state index < -0.39 is 21.8 Å². The van der Waals surface area contributed by atoms with Crippen molar-refractivity contribution in [1.29, 1.82) is 0 Å². The summed E-state index contributed by atoms with van der Waals surface area (Å²) < 4.78 is 64.2. The van der Waals surface area contributed by atoms with Crippen molar-refractivity contribution in [3.05, 3.63) is 88.5 Å². The van der Waals surface area contributed by atoms with Gasteiger partial charge in [-0.3, -0.25) is 4.79 Å². The van der Waals surface area contributed by atoms with Crippen LogP contribution < -0.4 is 5.14 Å². The number of aryl methyl sites for hydroxylation is 2. The van der Waals surface area contributed by atoms with Gasteiger partial charge in [-0.15, -0.1) is 0 Å². The maximum absolute atomic E-state index is 13.7. The molecule has 3 aromatic rings. The van der Waals surface area contributed by atoms with E-state index in [-0.39, 0.29) is 22.7 Å². The number of ketones is 1. The highest BCUT2D eigenvalue weighted by atomic mass is 79.9. The van der Waals surface area contributed by atoms with Crippen molar-refractivity contribution in [2.45, 2.75) is 43.7 Å². The molecule has 3 aromatic carbocycles. The maximum Gasteiger partial charge on any atom is 0.417 e. The van der Waals surface area contributed by atoms with Gasteiger partial charge >= 0.3 is 6.18 Å². The average Bonchev–Trinajstić information content (AvgIpc) is 2.78. The molecular weight excluding hydrogens is 543 g/mol. The molecule has 9 heteroatoms. The first-order chi connectivity index (χ1) is 16.4. The highest BCUT2D eigenvalue weighted by Crippen LogP contribution is 2.38. The van der Waals surface area contributed by atoms with Crippen LogP contribution in [0.15, 0.2) is 65.6 Å². The third-order valence-corrected chi connectivity index (χ3v) is 7.32. The first-order valence-electron chi connectivity index (χ1n) is 10.9. The largest absolute Gasteiger partial charge is 0.417 e. The number of carbonyl (C=O) groups excluding carboxylic acids is 1. The Bertz CT molecular complexity index is 1340. The molecule has 35 heavy (non-hydrogen) atoms. The van der Waals surface area contributed by atoms with Crippen molar-refractivity contribution in [2.24, 2.45) is 5.14 Å². The molecule has 3 rings (SSSR count). The van der Waals surface area contributed by atoms with E-state index in [4.69, 9.17) is 5.14 Å². The highest BCUT2D eigenvalue weighted by Gasteiger charge is 2.33. The number of Topliss-reactive ketones (excluding diaryl/α,β-unsaturated/α-hetero) is 1. The van der Waals surface area contributed by atoms with Gasteiger partial charge in [0.1, 0.15) is 0 Å². The number of nitrogens with two attached hydrogens (primary N) is 1. The smallest absolute Gasteiger partial charge is 0.294 e. The zero-order valence-corrected chi connectivity index (χ0v) is 21.4. The quantitative estimate of drug-likeness (QED) is 0.183. The molecule has 186 valence electrons. The second-order valence-electron chi connectivity index (χ2n) is 8.31. The van der Waals surface area contributed by atoms with Gasteiger partial charge in [-0.25, -0.2) is 13.6 Å². The number of carbonyl (C=O) groups is 1. The van der Waals surface area contributed by atoms with E-state index in [1.807, 2.05) is 0 Å². The fraction of sp³-hybridized carbons (Fsp3) is 0.269. The lowest BCUT2D eigenvalue weighted by atomic mass is 9.90. The van der Waals surface area contributed by atoms with Crippen molar-refractivity contribution < 1.29 is 26.4 Å². The summed E-state index contributed by atoms with van der Waals surface area (Å²) in [4.78, 5) is 13.0. The number of alkyl halides is 4. The van der Waals surface area contributed by atoms with Crippen LogP contribution in [-0.2, 0) is 29.0 Å². The minimum absolute atomic E-state index is 0.00420. The van der Waals surface area contributed by atoms with Gasteiger partial charge in [0.15, 0.2) is 5.78 Å². The molecule has 0 fully saturated rings. The van der Waals surface area contributed by atoms with Crippen molar-refractivity contribution in [1.82, 2.24) is 0 Å². The lowest BCUT2D eigenvalue weighted by Crippen LogP contribution is -2.14. The number of hydrogen-bond acceptors (Lipinski definition) is 3. The van der Waals surface area contributed by atoms with Crippen LogP contribution in [0.5, 0.6) is 0 Å². The molecule has 0 aromatic heterocycles. The first kappa shape index (κ1) is 27.1. The molecule has 4 nitrogen and oxygen atoms in total. The molecule has 0 saturated carbocycles. The Morgan fingerprint density at radius 3 is 2.31 bits per heavy atom. The highest BCUT2D eigenvalue weighted by molar-refractivity contribution is 9.09. The van der Waals surface area contributed by atoms with Crippen LogP contribution in [0.25, 0.3) is 11.1 Å². The molecule has 0 aliphatic carbocycles. The number of benzene rings is 3. The topological polar surface area (TPSA) is 77.2 Å². The summed E-state index contributed by atoms with van der Waals surface area (Å²) in [5, 5.41) is 5.97. The van der Waals surface area contributed by atoms with Crippen molar-refractivity contribution in [2.75, 3.05) is 5.33 Å². The summed E-state index contributed by atoms with van der Waals surface area (Å²) in [5.41, 5.74) is 1.94. The summed E-state index contributed by atoms with van der Waals surface area (Å²) in [5.74, 6) is -0.217. The Morgan fingerprint density at radius 1 is 0.971 bits per heavy atom. The van der Waals surface area contributed by atoms with Gasteiger partial charge in [-0.05, 0) is 72.2 Å². The van der Waals surface area contributed by atoms with Crippen molar-refractivity contribution in [3.8, 4) is 11.1 Å². The van der Waals surface area contributed by atoms with Gasteiger partial charge < -0.3 is 0 Å². The van der Waals surface area contributed by atoms with Gasteiger partial charge in [0, 0.05) is 17.3 Å². The van der Waals surface area contributed by atoms with Crippen molar-refractivity contribution >= 4 is 31.7 Å². The molecule has 0 radical (unpaired) electrons. The van der Waals surface area contributed by atoms with E-state index >= 15 is 0 Å². The van der Waals surface area contributed by atoms with E-state index in [0.29, 0.717) is 34.2 Å². The predicted molar refractivity (Wildman–Crippen MR) is 134 cm³/mol. The fourth-order valence-corrected chi connectivity index (χ4v) is 5.20. The minimum atomic E-state index is -4.50. The number of sulfonamides is 1. The second kappa shape index (κ2) is 11.1. The number of unbranched alkanes of at least 4 members (excludes halogenated alkanes) is 1. The van der Waals surface area contributed by atoms with E-state index in [0.717, 1.165) is 24.2 Å². The monoisotopic (exact) mass is 567 g/mol. The third kappa shape index (κ3) is 6.80. The Morgan fingerprint density at radius 2 is 1.69 bits per heavy atom. The summed E-state index contributed by atoms with van der Waals surface area (Å²) in [6, 6.07) is 14.7. The number of primary sulfonamides is 1. The minimum Gasteiger partial charge on any atom is -0.294 e. The number of rotatable bonds is 9. The van der Waals surface area contributed by atoms with Gasteiger partial charge in [-0.1, -0.05) is 58.4 Å². The molecular formula is C26H25BrF3NO3S. The van der Waals surface area contributed by atoms with Crippen LogP contribution in [0.1, 0.15) is 45.5 Å². The third-order valence-electron chi connectivity index (χ3n) is 5.69. The van der Waals surface area contributed by atoms with Crippen LogP contribution >= 0.6 is 15.9 Å². The summed E-state index contributed by atoms with van der Waals surface area (Å²) in [6.45, 7) is 1.60. The number of halogens is 4. The van der Waals surface area contributed by atoms with E-state index in [2.05, 4.69) is 15.9 Å². The Balaban J connectivity index is 1.97. The van der Waals surface area contributed by atoms with Crippen LogP contribution in [-0.4, -0.2) is 19.5 Å². The molecule has 0 aliphatic heterocycles. The van der Waals surface area contributed by atoms with Crippen LogP contribution in [0.2, 0.25) is 0 Å². The lowest BCUT2D eigenvalue weighted by molar-refractivity contribution is -0.137. The van der Waals surface area contributed by atoms with Gasteiger partial charge in [0.2, 0.25) is 10.0 Å². The summed E-state index contributed by atoms with van der Waals surface area (Å²) in [6.07, 6.45) is -2.37. The normalized spacial score (nSPS) is 12.1. The second-order valence-corrected chi connectivity index (χ2v) is 10.6. The van der Waals surface area contributed by atoms with Gasteiger partial charge in [0.05, 0.1) is 10.5 Å². The fourth-order valence-electron chi connectivity index (χ4n) is 4.04. The van der Waals surface area contributed by atoms with Crippen LogP contribution in [0.4, 0.5) is 13.2 Å². The molecule has 0 saturated heterocycles. The molecule has 0 spiro atoms. The van der Waals surface area contributed by atoms with Crippen LogP contribution in [0, 0.1) is 6.92 Å². The lowest BCUT2D eigenvalue weighted by Gasteiger charge is -2.17. The standard InChI is InChI=1S/C26H25BrF3NO3S/c1-17-14-18(9-12-25(17)35(31,33)34)15-24(32)20-10-11-21(19(16-20)6-4-5-13-27)22-7-2-3-8-23(22)26(28,29)30/h2-3,7-12,14,16H,4-6,13,15H2,1H3,(H2,31,33,34). The van der Waals surface area contributed by atoms with E-state index in [1.165, 1.54) is 24.3 Å². The predicted octanol–water partition coefficient (Wildman–Crippen LogP) is 6.47. The Labute approximate surface area is 211 Å². The van der Waals surface area contributed by atoms with Crippen LogP contribution in [0.3, 0.4) is 0 Å². The molecule has 0 unspecified atom stereocenters. The molecule has 0 bridgehead atoms. The van der Waals surface area contributed by atoms with Crippen molar-refractivity contribution in [3.63, 3.8) is 0 Å². The summed E-state index contributed by atoms with van der Waals surface area (Å²) in [7, 11) is -3.86. The average molecular weight is 568 g/mol. The summed E-state index contributed by atoms with van der Waals surface area (Å²) >= 11 is 3.37. The van der Waals surface area contributed by atoms with E-state index in [1.54, 1.807) is 37.3 Å². The first-order valence-corrected chi connectivity index (χ1v) is 13.6.